The Morgan fingerprint density at radius 3 is 1.21 bits per heavy atom. The first kappa shape index (κ1) is 29.6. The fourth-order valence-electron chi connectivity index (χ4n) is 5.93. The maximum atomic E-state index is 12.7. The molecular weight excluding hydrogens is 592 g/mol. The van der Waals surface area contributed by atoms with Gasteiger partial charge in [0, 0.05) is 28.7 Å². The summed E-state index contributed by atoms with van der Waals surface area (Å²) in [5.41, 5.74) is -1.09. The SMILES string of the molecule is C[Si](C)(C)c1c([Si](C)(C)CO)c([N+](=O)[O-])c2cc3cc4cc5c([N+](=O)[O-])ccc([N+](=O)[O-])c5cc4cc3cc2c1[N+](=O)[O-]. The predicted molar refractivity (Wildman–Crippen MR) is 170 cm³/mol. The Hall–Kier alpha value is -4.87. The van der Waals surface area contributed by atoms with Gasteiger partial charge in [0.05, 0.1) is 49.3 Å². The van der Waals surface area contributed by atoms with E-state index in [1.165, 1.54) is 24.3 Å². The number of aliphatic hydroxyl groups excluding tert-OH is 1. The number of nitrogens with zero attached hydrogens (tertiary/aromatic N) is 4. The van der Waals surface area contributed by atoms with Crippen LogP contribution in [0.3, 0.4) is 0 Å². The van der Waals surface area contributed by atoms with Gasteiger partial charge in [-0.25, -0.2) is 0 Å². The Bertz CT molecular complexity index is 2110. The average molecular weight is 619 g/mol. The second-order valence-electron chi connectivity index (χ2n) is 12.2. The summed E-state index contributed by atoms with van der Waals surface area (Å²) in [7, 11) is -5.58. The van der Waals surface area contributed by atoms with Gasteiger partial charge in [0.2, 0.25) is 0 Å². The van der Waals surface area contributed by atoms with Crippen molar-refractivity contribution in [2.75, 3.05) is 6.23 Å². The number of nitro benzene ring substituents is 4. The summed E-state index contributed by atoms with van der Waals surface area (Å²) in [6, 6.07) is 11.5. The van der Waals surface area contributed by atoms with E-state index in [1.54, 1.807) is 25.2 Å². The van der Waals surface area contributed by atoms with Crippen LogP contribution in [0.2, 0.25) is 32.7 Å². The van der Waals surface area contributed by atoms with Crippen molar-refractivity contribution >= 4 is 92.4 Å². The zero-order chi connectivity index (χ0) is 31.8. The molecule has 15 heteroatoms. The summed E-state index contributed by atoms with van der Waals surface area (Å²) in [6.07, 6.45) is -0.343. The van der Waals surface area contributed by atoms with E-state index in [9.17, 15) is 45.6 Å². The largest absolute Gasteiger partial charge is 0.399 e. The molecule has 0 spiro atoms. The molecule has 0 bridgehead atoms. The normalized spacial score (nSPS) is 12.3. The van der Waals surface area contributed by atoms with Crippen LogP contribution in [-0.2, 0) is 0 Å². The maximum absolute atomic E-state index is 12.7. The van der Waals surface area contributed by atoms with Gasteiger partial charge in [-0.2, -0.15) is 0 Å². The lowest BCUT2D eigenvalue weighted by Gasteiger charge is -2.29. The van der Waals surface area contributed by atoms with Crippen molar-refractivity contribution in [1.29, 1.82) is 0 Å². The number of aliphatic hydroxyl groups is 1. The van der Waals surface area contributed by atoms with Gasteiger partial charge >= 0.3 is 0 Å². The number of nitro groups is 4. The van der Waals surface area contributed by atoms with E-state index in [4.69, 9.17) is 0 Å². The van der Waals surface area contributed by atoms with E-state index < -0.39 is 35.8 Å². The Kier molecular flexibility index (Phi) is 6.79. The van der Waals surface area contributed by atoms with Crippen molar-refractivity contribution in [1.82, 2.24) is 0 Å². The van der Waals surface area contributed by atoms with Crippen molar-refractivity contribution < 1.29 is 24.8 Å². The molecule has 43 heavy (non-hydrogen) atoms. The summed E-state index contributed by atoms with van der Waals surface area (Å²) < 4.78 is 0. The van der Waals surface area contributed by atoms with Gasteiger partial charge in [-0.3, -0.25) is 40.5 Å². The molecule has 0 radical (unpaired) electrons. The topological polar surface area (TPSA) is 193 Å². The van der Waals surface area contributed by atoms with Crippen LogP contribution < -0.4 is 10.4 Å². The molecule has 5 rings (SSSR count). The quantitative estimate of drug-likeness (QED) is 0.0996. The number of hydrogen-bond acceptors (Lipinski definition) is 9. The summed E-state index contributed by atoms with van der Waals surface area (Å²) >= 11 is 0. The second-order valence-corrected chi connectivity index (χ2v) is 21.8. The first-order valence-electron chi connectivity index (χ1n) is 13.1. The second kappa shape index (κ2) is 9.86. The molecule has 13 nitrogen and oxygen atoms in total. The highest BCUT2D eigenvalue weighted by molar-refractivity contribution is 7.00. The van der Waals surface area contributed by atoms with Crippen LogP contribution in [0.5, 0.6) is 0 Å². The van der Waals surface area contributed by atoms with Gasteiger partial charge in [-0.15, -0.1) is 0 Å². The number of hydrogen-bond donors (Lipinski definition) is 1. The van der Waals surface area contributed by atoms with Crippen molar-refractivity contribution in [3.63, 3.8) is 0 Å². The summed E-state index contributed by atoms with van der Waals surface area (Å²) in [5.74, 6) is 0. The lowest BCUT2D eigenvalue weighted by Crippen LogP contribution is -2.60. The zero-order valence-electron chi connectivity index (χ0n) is 23.8. The van der Waals surface area contributed by atoms with Crippen molar-refractivity contribution in [2.45, 2.75) is 32.7 Å². The Labute approximate surface area is 245 Å². The van der Waals surface area contributed by atoms with Gasteiger partial charge in [0.1, 0.15) is 8.07 Å². The molecule has 0 amide bonds. The molecule has 0 heterocycles. The van der Waals surface area contributed by atoms with Gasteiger partial charge in [0.25, 0.3) is 22.7 Å². The van der Waals surface area contributed by atoms with Crippen LogP contribution in [0.25, 0.3) is 43.1 Å². The minimum Gasteiger partial charge on any atom is -0.399 e. The van der Waals surface area contributed by atoms with Crippen LogP contribution in [0.15, 0.2) is 48.5 Å². The number of benzene rings is 5. The smallest absolute Gasteiger partial charge is 0.277 e. The molecule has 0 fully saturated rings. The van der Waals surface area contributed by atoms with E-state index in [2.05, 4.69) is 0 Å². The zero-order valence-corrected chi connectivity index (χ0v) is 25.8. The molecule has 0 unspecified atom stereocenters. The lowest BCUT2D eigenvalue weighted by molar-refractivity contribution is -0.386. The Morgan fingerprint density at radius 2 is 0.907 bits per heavy atom. The van der Waals surface area contributed by atoms with Crippen molar-refractivity contribution in [3.05, 3.63) is 89.0 Å². The van der Waals surface area contributed by atoms with Crippen molar-refractivity contribution in [2.24, 2.45) is 0 Å². The molecule has 0 aliphatic rings. The fourth-order valence-corrected chi connectivity index (χ4v) is 11.7. The highest BCUT2D eigenvalue weighted by atomic mass is 28.3. The highest BCUT2D eigenvalue weighted by Crippen LogP contribution is 2.40. The summed E-state index contributed by atoms with van der Waals surface area (Å²) in [5, 5.41) is 62.1. The van der Waals surface area contributed by atoms with E-state index in [-0.39, 0.29) is 55.7 Å². The molecule has 0 aliphatic heterocycles. The Morgan fingerprint density at radius 1 is 0.558 bits per heavy atom. The van der Waals surface area contributed by atoms with E-state index >= 15 is 0 Å². The van der Waals surface area contributed by atoms with E-state index in [1.807, 2.05) is 19.6 Å². The monoisotopic (exact) mass is 618 g/mol. The van der Waals surface area contributed by atoms with Gasteiger partial charge in [-0.05, 0) is 57.9 Å². The van der Waals surface area contributed by atoms with Crippen LogP contribution in [-0.4, -0.2) is 47.2 Å². The average Bonchev–Trinajstić information content (AvgIpc) is 2.90. The highest BCUT2D eigenvalue weighted by Gasteiger charge is 2.44. The first-order chi connectivity index (χ1) is 20.0. The number of non-ortho nitro benzene ring substituents is 2. The molecular formula is C28H26N4O9Si2. The molecule has 220 valence electrons. The van der Waals surface area contributed by atoms with Crippen LogP contribution in [0.4, 0.5) is 22.7 Å². The fraction of sp³-hybridized carbons (Fsp3) is 0.214. The molecule has 1 N–H and O–H groups in total. The lowest BCUT2D eigenvalue weighted by atomic mass is 9.95. The standard InChI is InChI=1S/C28H26N4O9Si2/c1-42(2,3)27-25(31(38)39)21-12-17-8-15-10-19-20(24(30(36)37)7-6-23(19)29(34)35)11-16(15)9-18(17)13-22(21)26(32(40)41)28(27)43(4,5)14-33/h6-13,33H,14H2,1-5H3. The molecule has 0 saturated heterocycles. The molecule has 0 saturated carbocycles. The Balaban J connectivity index is 2.02. The first-order valence-corrected chi connectivity index (χ1v) is 19.9. The van der Waals surface area contributed by atoms with Crippen molar-refractivity contribution in [3.8, 4) is 0 Å². The van der Waals surface area contributed by atoms with Gasteiger partial charge in [0.15, 0.2) is 0 Å². The van der Waals surface area contributed by atoms with Crippen LogP contribution in [0, 0.1) is 40.5 Å². The van der Waals surface area contributed by atoms with Gasteiger partial charge in [-0.1, -0.05) is 32.7 Å². The minimum absolute atomic E-state index is 0.0613. The van der Waals surface area contributed by atoms with E-state index in [0.717, 1.165) is 12.1 Å². The molecule has 5 aromatic rings. The number of rotatable bonds is 7. The molecule has 5 aromatic carbocycles. The van der Waals surface area contributed by atoms with E-state index in [0.29, 0.717) is 26.7 Å². The third-order valence-corrected chi connectivity index (χ3v) is 12.7. The molecule has 0 aromatic heterocycles. The minimum atomic E-state index is -2.96. The predicted octanol–water partition coefficient (Wildman–Crippen LogP) is 5.92. The third kappa shape index (κ3) is 4.66. The van der Waals surface area contributed by atoms with Crippen LogP contribution >= 0.6 is 0 Å². The number of fused-ring (bicyclic) bond motifs is 4. The van der Waals surface area contributed by atoms with Crippen LogP contribution in [0.1, 0.15) is 0 Å². The van der Waals surface area contributed by atoms with Gasteiger partial charge < -0.3 is 5.11 Å². The molecule has 0 aliphatic carbocycles. The molecule has 0 atom stereocenters. The third-order valence-electron chi connectivity index (χ3n) is 7.83. The summed E-state index contributed by atoms with van der Waals surface area (Å²) in [4.78, 5) is 46.6. The maximum Gasteiger partial charge on any atom is 0.277 e. The summed E-state index contributed by atoms with van der Waals surface area (Å²) in [6.45, 7) is 9.13.